The first kappa shape index (κ1) is 19.7. The first-order valence-corrected chi connectivity index (χ1v) is 9.09. The molecule has 1 aliphatic heterocycles. The number of nitrogens with zero attached hydrogens (tertiary/aromatic N) is 1. The number of nitrogens with one attached hydrogen (secondary N) is 1. The molecule has 6 nitrogen and oxygen atoms in total. The number of benzene rings is 2. The number of hydrogen-bond donors (Lipinski definition) is 1. The molecule has 1 aliphatic rings. The second-order valence-electron chi connectivity index (χ2n) is 6.63. The Morgan fingerprint density at radius 1 is 1.04 bits per heavy atom. The maximum absolute atomic E-state index is 13.0. The van der Waals surface area contributed by atoms with Gasteiger partial charge in [0, 0.05) is 30.6 Å². The molecule has 0 radical (unpaired) electrons. The van der Waals surface area contributed by atoms with Crippen molar-refractivity contribution in [2.24, 2.45) is 5.92 Å². The highest BCUT2D eigenvalue weighted by Crippen LogP contribution is 2.30. The van der Waals surface area contributed by atoms with Crippen molar-refractivity contribution in [1.82, 2.24) is 4.90 Å². The topological polar surface area (TPSA) is 67.9 Å². The minimum atomic E-state index is -0.374. The summed E-state index contributed by atoms with van der Waals surface area (Å²) < 4.78 is 23.5. The Hall–Kier alpha value is -3.09. The lowest BCUT2D eigenvalue weighted by atomic mass is 9.95. The van der Waals surface area contributed by atoms with Crippen LogP contribution in [0.15, 0.2) is 42.5 Å². The van der Waals surface area contributed by atoms with Crippen molar-refractivity contribution in [1.29, 1.82) is 0 Å². The van der Waals surface area contributed by atoms with Gasteiger partial charge in [-0.2, -0.15) is 0 Å². The van der Waals surface area contributed by atoms with E-state index in [1.165, 1.54) is 31.4 Å². The SMILES string of the molecule is COc1ccc(NC(=O)C2CCN(C(=O)c3ccc(F)cc3)CC2)c(OC)c1. The van der Waals surface area contributed by atoms with Gasteiger partial charge in [-0.15, -0.1) is 0 Å². The summed E-state index contributed by atoms with van der Waals surface area (Å²) in [6.45, 7) is 0.960. The third kappa shape index (κ3) is 4.42. The van der Waals surface area contributed by atoms with Crippen molar-refractivity contribution in [2.45, 2.75) is 12.8 Å². The van der Waals surface area contributed by atoms with Gasteiger partial charge in [-0.25, -0.2) is 4.39 Å². The van der Waals surface area contributed by atoms with E-state index in [1.54, 1.807) is 30.2 Å². The number of carbonyl (C=O) groups excluding carboxylic acids is 2. The number of likely N-dealkylation sites (tertiary alicyclic amines) is 1. The van der Waals surface area contributed by atoms with Gasteiger partial charge in [0.2, 0.25) is 5.91 Å². The van der Waals surface area contributed by atoms with E-state index >= 15 is 0 Å². The van der Waals surface area contributed by atoms with Crippen molar-refractivity contribution >= 4 is 17.5 Å². The quantitative estimate of drug-likeness (QED) is 0.856. The monoisotopic (exact) mass is 386 g/mol. The Kier molecular flexibility index (Phi) is 6.13. The second kappa shape index (κ2) is 8.73. The fourth-order valence-corrected chi connectivity index (χ4v) is 3.26. The highest BCUT2D eigenvalue weighted by atomic mass is 19.1. The van der Waals surface area contributed by atoms with Crippen LogP contribution in [0.4, 0.5) is 10.1 Å². The van der Waals surface area contributed by atoms with Crippen LogP contribution in [0.1, 0.15) is 23.2 Å². The molecule has 0 saturated carbocycles. The number of ether oxygens (including phenoxy) is 2. The fraction of sp³-hybridized carbons (Fsp3) is 0.333. The highest BCUT2D eigenvalue weighted by Gasteiger charge is 2.28. The van der Waals surface area contributed by atoms with E-state index < -0.39 is 0 Å². The molecule has 0 unspecified atom stereocenters. The maximum atomic E-state index is 13.0. The predicted molar refractivity (Wildman–Crippen MR) is 103 cm³/mol. The van der Waals surface area contributed by atoms with Crippen LogP contribution in [0.2, 0.25) is 0 Å². The second-order valence-corrected chi connectivity index (χ2v) is 6.63. The molecule has 7 heteroatoms. The van der Waals surface area contributed by atoms with Gasteiger partial charge < -0.3 is 19.7 Å². The number of rotatable bonds is 5. The fourth-order valence-electron chi connectivity index (χ4n) is 3.26. The number of halogens is 1. The normalized spacial score (nSPS) is 14.5. The lowest BCUT2D eigenvalue weighted by molar-refractivity contribution is -0.121. The van der Waals surface area contributed by atoms with Crippen molar-refractivity contribution in [3.63, 3.8) is 0 Å². The van der Waals surface area contributed by atoms with E-state index in [1.807, 2.05) is 0 Å². The Morgan fingerprint density at radius 2 is 1.71 bits per heavy atom. The van der Waals surface area contributed by atoms with Gasteiger partial charge in [0.25, 0.3) is 5.91 Å². The smallest absolute Gasteiger partial charge is 0.253 e. The summed E-state index contributed by atoms with van der Waals surface area (Å²) in [5, 5.41) is 2.90. The van der Waals surface area contributed by atoms with E-state index in [4.69, 9.17) is 9.47 Å². The van der Waals surface area contributed by atoms with E-state index in [-0.39, 0.29) is 23.5 Å². The molecule has 1 heterocycles. The van der Waals surface area contributed by atoms with E-state index in [2.05, 4.69) is 5.32 Å². The molecule has 3 rings (SSSR count). The number of amides is 2. The summed E-state index contributed by atoms with van der Waals surface area (Å²) >= 11 is 0. The zero-order valence-electron chi connectivity index (χ0n) is 15.9. The van der Waals surface area contributed by atoms with Crippen LogP contribution in [0.3, 0.4) is 0 Å². The van der Waals surface area contributed by atoms with Crippen LogP contribution < -0.4 is 14.8 Å². The first-order valence-electron chi connectivity index (χ1n) is 9.09. The number of hydrogen-bond acceptors (Lipinski definition) is 4. The average molecular weight is 386 g/mol. The lowest BCUT2D eigenvalue weighted by Crippen LogP contribution is -2.41. The number of carbonyl (C=O) groups is 2. The highest BCUT2D eigenvalue weighted by molar-refractivity contribution is 5.96. The summed E-state index contributed by atoms with van der Waals surface area (Å²) in [5.41, 5.74) is 1.03. The molecule has 0 bridgehead atoms. The van der Waals surface area contributed by atoms with Crippen molar-refractivity contribution in [3.05, 3.63) is 53.8 Å². The number of anilines is 1. The van der Waals surface area contributed by atoms with E-state index in [0.717, 1.165) is 0 Å². The average Bonchev–Trinajstić information content (AvgIpc) is 2.74. The first-order chi connectivity index (χ1) is 13.5. The zero-order valence-corrected chi connectivity index (χ0v) is 15.9. The van der Waals surface area contributed by atoms with Crippen LogP contribution in [-0.4, -0.2) is 44.0 Å². The number of piperidine rings is 1. The standard InChI is InChI=1S/C21H23FN2O4/c1-27-17-7-8-18(19(13-17)28-2)23-20(25)14-9-11-24(12-10-14)21(26)15-3-5-16(22)6-4-15/h3-8,13-14H,9-12H2,1-2H3,(H,23,25). The van der Waals surface area contributed by atoms with Gasteiger partial charge in [0.1, 0.15) is 17.3 Å². The molecular formula is C21H23FN2O4. The molecule has 2 aromatic carbocycles. The summed E-state index contributed by atoms with van der Waals surface area (Å²) in [4.78, 5) is 26.8. The molecular weight excluding hydrogens is 363 g/mol. The zero-order chi connectivity index (χ0) is 20.1. The van der Waals surface area contributed by atoms with Gasteiger partial charge in [-0.05, 0) is 49.2 Å². The van der Waals surface area contributed by atoms with Crippen molar-refractivity contribution in [3.8, 4) is 11.5 Å². The lowest BCUT2D eigenvalue weighted by Gasteiger charge is -2.31. The largest absolute Gasteiger partial charge is 0.497 e. The molecule has 28 heavy (non-hydrogen) atoms. The molecule has 0 aromatic heterocycles. The van der Waals surface area contributed by atoms with Gasteiger partial charge in [0.05, 0.1) is 19.9 Å². The third-order valence-corrected chi connectivity index (χ3v) is 4.91. The van der Waals surface area contributed by atoms with Gasteiger partial charge >= 0.3 is 0 Å². The van der Waals surface area contributed by atoms with Crippen LogP contribution in [0.5, 0.6) is 11.5 Å². The van der Waals surface area contributed by atoms with Crippen molar-refractivity contribution < 1.29 is 23.5 Å². The predicted octanol–water partition coefficient (Wildman–Crippen LogP) is 3.33. The Bertz CT molecular complexity index is 846. The Labute approximate surface area is 163 Å². The van der Waals surface area contributed by atoms with Crippen LogP contribution in [0, 0.1) is 11.7 Å². The van der Waals surface area contributed by atoms with Crippen LogP contribution >= 0.6 is 0 Å². The Morgan fingerprint density at radius 3 is 2.32 bits per heavy atom. The molecule has 1 saturated heterocycles. The summed E-state index contributed by atoms with van der Waals surface area (Å²) in [6, 6.07) is 10.7. The molecule has 0 spiro atoms. The maximum Gasteiger partial charge on any atom is 0.253 e. The molecule has 148 valence electrons. The summed E-state index contributed by atoms with van der Waals surface area (Å²) in [6.07, 6.45) is 1.13. The molecule has 1 N–H and O–H groups in total. The van der Waals surface area contributed by atoms with E-state index in [9.17, 15) is 14.0 Å². The minimum Gasteiger partial charge on any atom is -0.497 e. The molecule has 0 atom stereocenters. The summed E-state index contributed by atoms with van der Waals surface area (Å²) in [7, 11) is 3.10. The molecule has 0 aliphatic carbocycles. The van der Waals surface area contributed by atoms with Gasteiger partial charge in [-0.1, -0.05) is 0 Å². The Balaban J connectivity index is 1.58. The summed E-state index contributed by atoms with van der Waals surface area (Å²) in [5.74, 6) is 0.358. The van der Waals surface area contributed by atoms with Gasteiger partial charge in [-0.3, -0.25) is 9.59 Å². The third-order valence-electron chi connectivity index (χ3n) is 4.91. The van der Waals surface area contributed by atoms with Gasteiger partial charge in [0.15, 0.2) is 0 Å². The van der Waals surface area contributed by atoms with E-state index in [0.29, 0.717) is 48.7 Å². The van der Waals surface area contributed by atoms with Crippen LogP contribution in [-0.2, 0) is 4.79 Å². The number of methoxy groups -OCH3 is 2. The van der Waals surface area contributed by atoms with Crippen molar-refractivity contribution in [2.75, 3.05) is 32.6 Å². The molecule has 1 fully saturated rings. The minimum absolute atomic E-state index is 0.0997. The molecule has 2 amide bonds. The molecule has 2 aromatic rings. The van der Waals surface area contributed by atoms with Crippen LogP contribution in [0.25, 0.3) is 0 Å².